The summed E-state index contributed by atoms with van der Waals surface area (Å²) in [6.07, 6.45) is 1.51. The molecule has 0 aliphatic carbocycles. The minimum Gasteiger partial charge on any atom is -0.478 e. The Bertz CT molecular complexity index is 923. The molecule has 0 unspecified atom stereocenters. The second-order valence-corrected chi connectivity index (χ2v) is 5.17. The normalized spacial score (nSPS) is 11.0. The summed E-state index contributed by atoms with van der Waals surface area (Å²) < 4.78 is 20.3. The Morgan fingerprint density at radius 3 is 2.92 bits per heavy atom. The van der Waals surface area contributed by atoms with Crippen LogP contribution in [0.2, 0.25) is 0 Å². The molecule has 0 aliphatic heterocycles. The third kappa shape index (κ3) is 2.79. The van der Waals surface area contributed by atoms with Crippen molar-refractivity contribution in [2.75, 3.05) is 7.05 Å². The first kappa shape index (κ1) is 15.9. The number of H-pyrrole nitrogens is 1. The molecule has 3 rings (SSSR count). The van der Waals surface area contributed by atoms with Gasteiger partial charge in [-0.2, -0.15) is 4.98 Å². The lowest BCUT2D eigenvalue weighted by molar-refractivity contribution is 0.0698. The fourth-order valence-corrected chi connectivity index (χ4v) is 2.50. The largest absolute Gasteiger partial charge is 0.478 e. The molecule has 1 aromatic carbocycles. The van der Waals surface area contributed by atoms with Gasteiger partial charge in [0.1, 0.15) is 5.82 Å². The van der Waals surface area contributed by atoms with Crippen LogP contribution >= 0.6 is 0 Å². The van der Waals surface area contributed by atoms with Gasteiger partial charge in [-0.1, -0.05) is 0 Å². The molecule has 0 saturated heterocycles. The Morgan fingerprint density at radius 1 is 1.42 bits per heavy atom. The van der Waals surface area contributed by atoms with Gasteiger partial charge < -0.3 is 20.1 Å². The van der Waals surface area contributed by atoms with Crippen molar-refractivity contribution in [1.82, 2.24) is 20.3 Å². The van der Waals surface area contributed by atoms with Gasteiger partial charge in [0.25, 0.3) is 0 Å². The fraction of sp³-hybridized carbons (Fsp3) is 0.188. The zero-order chi connectivity index (χ0) is 17.3. The van der Waals surface area contributed by atoms with Gasteiger partial charge in [-0.25, -0.2) is 14.2 Å². The van der Waals surface area contributed by atoms with E-state index in [2.05, 4.69) is 20.3 Å². The summed E-state index contributed by atoms with van der Waals surface area (Å²) in [6, 6.07) is 4.51. The van der Waals surface area contributed by atoms with E-state index in [0.717, 1.165) is 0 Å². The average molecular weight is 330 g/mol. The number of hydrogen-bond donors (Lipinski definition) is 3. The van der Waals surface area contributed by atoms with Gasteiger partial charge in [-0.15, -0.1) is 0 Å². The number of benzene rings is 1. The molecule has 0 atom stereocenters. The van der Waals surface area contributed by atoms with E-state index in [-0.39, 0.29) is 22.6 Å². The van der Waals surface area contributed by atoms with E-state index in [1.165, 1.54) is 18.3 Å². The van der Waals surface area contributed by atoms with E-state index in [4.69, 9.17) is 4.74 Å². The number of ether oxygens (including phenoxy) is 1. The van der Waals surface area contributed by atoms with Crippen LogP contribution in [-0.2, 0) is 6.54 Å². The smallest absolute Gasteiger partial charge is 0.338 e. The zero-order valence-electron chi connectivity index (χ0n) is 13.1. The highest BCUT2D eigenvalue weighted by atomic mass is 19.1. The Labute approximate surface area is 136 Å². The maximum atomic E-state index is 14.8. The summed E-state index contributed by atoms with van der Waals surface area (Å²) in [6.45, 7) is 2.02. The summed E-state index contributed by atoms with van der Waals surface area (Å²) in [5.41, 5.74) is 0.673. The summed E-state index contributed by atoms with van der Waals surface area (Å²) >= 11 is 0. The van der Waals surface area contributed by atoms with Crippen LogP contribution < -0.4 is 10.1 Å². The molecule has 124 valence electrons. The molecule has 2 aromatic heterocycles. The van der Waals surface area contributed by atoms with E-state index in [1.807, 2.05) is 0 Å². The number of halogens is 1. The molecule has 0 amide bonds. The highest BCUT2D eigenvalue weighted by Crippen LogP contribution is 2.32. The van der Waals surface area contributed by atoms with Gasteiger partial charge in [0.05, 0.1) is 17.5 Å². The predicted molar refractivity (Wildman–Crippen MR) is 84.8 cm³/mol. The lowest BCUT2D eigenvalue weighted by Gasteiger charge is -2.08. The molecule has 0 spiro atoms. The van der Waals surface area contributed by atoms with Crippen LogP contribution in [0.3, 0.4) is 0 Å². The van der Waals surface area contributed by atoms with Crippen LogP contribution in [0.1, 0.15) is 21.9 Å². The number of carbonyl (C=O) groups is 1. The number of nitrogens with one attached hydrogen (secondary N) is 2. The van der Waals surface area contributed by atoms with Crippen molar-refractivity contribution in [1.29, 1.82) is 0 Å². The fourth-order valence-electron chi connectivity index (χ4n) is 2.50. The van der Waals surface area contributed by atoms with E-state index in [0.29, 0.717) is 23.6 Å². The van der Waals surface area contributed by atoms with Crippen molar-refractivity contribution in [3.63, 3.8) is 0 Å². The van der Waals surface area contributed by atoms with Crippen molar-refractivity contribution in [3.05, 3.63) is 47.3 Å². The highest BCUT2D eigenvalue weighted by molar-refractivity contribution is 6.05. The molecule has 3 N–H and O–H groups in total. The second-order valence-electron chi connectivity index (χ2n) is 5.17. The van der Waals surface area contributed by atoms with Gasteiger partial charge in [0, 0.05) is 23.5 Å². The first-order valence-corrected chi connectivity index (χ1v) is 7.19. The standard InChI is InChI=1S/C16H15FN4O3/c1-8-13(16(22)23)14-9(20-8)3-4-10(15(14)17)24-12-5-6-19-11(21-12)7-18-2/h3-6,18,20H,7H2,1-2H3,(H,22,23). The van der Waals surface area contributed by atoms with Crippen molar-refractivity contribution in [2.45, 2.75) is 13.5 Å². The van der Waals surface area contributed by atoms with E-state index < -0.39 is 11.8 Å². The monoisotopic (exact) mass is 330 g/mol. The first-order valence-electron chi connectivity index (χ1n) is 7.19. The number of carboxylic acid groups (broad SMARTS) is 1. The number of aromatic nitrogens is 3. The van der Waals surface area contributed by atoms with Crippen LogP contribution in [0.4, 0.5) is 4.39 Å². The molecule has 0 saturated carbocycles. The van der Waals surface area contributed by atoms with Gasteiger partial charge in [0.2, 0.25) is 5.88 Å². The predicted octanol–water partition coefficient (Wildman–Crippen LogP) is 2.62. The van der Waals surface area contributed by atoms with E-state index in [1.54, 1.807) is 20.0 Å². The molecular weight excluding hydrogens is 315 g/mol. The molecular formula is C16H15FN4O3. The summed E-state index contributed by atoms with van der Waals surface area (Å²) in [4.78, 5) is 22.4. The molecule has 2 heterocycles. The van der Waals surface area contributed by atoms with Crippen molar-refractivity contribution in [3.8, 4) is 11.6 Å². The number of hydrogen-bond acceptors (Lipinski definition) is 5. The van der Waals surface area contributed by atoms with Crippen molar-refractivity contribution >= 4 is 16.9 Å². The quantitative estimate of drug-likeness (QED) is 0.665. The highest BCUT2D eigenvalue weighted by Gasteiger charge is 2.21. The molecule has 0 aliphatic rings. The van der Waals surface area contributed by atoms with Gasteiger partial charge in [0.15, 0.2) is 11.6 Å². The lowest BCUT2D eigenvalue weighted by atomic mass is 10.1. The number of fused-ring (bicyclic) bond motifs is 1. The van der Waals surface area contributed by atoms with E-state index >= 15 is 0 Å². The Morgan fingerprint density at radius 2 is 2.21 bits per heavy atom. The average Bonchev–Trinajstić information content (AvgIpc) is 2.88. The van der Waals surface area contributed by atoms with Gasteiger partial charge in [-0.3, -0.25) is 0 Å². The van der Waals surface area contributed by atoms with Crippen molar-refractivity contribution < 1.29 is 19.0 Å². The number of rotatable bonds is 5. The summed E-state index contributed by atoms with van der Waals surface area (Å²) in [5, 5.41) is 12.2. The van der Waals surface area contributed by atoms with Crippen LogP contribution in [-0.4, -0.2) is 33.1 Å². The SMILES string of the molecule is CNCc1nccc(Oc2ccc3[nH]c(C)c(C(=O)O)c3c2F)n1. The zero-order valence-corrected chi connectivity index (χ0v) is 13.1. The third-order valence-corrected chi connectivity index (χ3v) is 3.50. The van der Waals surface area contributed by atoms with Crippen molar-refractivity contribution in [2.24, 2.45) is 0 Å². The Hall–Kier alpha value is -3.00. The van der Waals surface area contributed by atoms with Crippen LogP contribution in [0.5, 0.6) is 11.6 Å². The molecule has 0 bridgehead atoms. The Kier molecular flexibility index (Phi) is 4.13. The number of aryl methyl sites for hydroxylation is 1. The van der Waals surface area contributed by atoms with Crippen LogP contribution in [0.15, 0.2) is 24.4 Å². The molecule has 7 nitrogen and oxygen atoms in total. The number of carboxylic acids is 1. The minimum atomic E-state index is -1.20. The third-order valence-electron chi connectivity index (χ3n) is 3.50. The Balaban J connectivity index is 2.04. The number of aromatic carboxylic acids is 1. The molecule has 0 radical (unpaired) electrons. The molecule has 8 heteroatoms. The molecule has 24 heavy (non-hydrogen) atoms. The maximum Gasteiger partial charge on any atom is 0.338 e. The van der Waals surface area contributed by atoms with E-state index in [9.17, 15) is 14.3 Å². The number of nitrogens with zero attached hydrogens (tertiary/aromatic N) is 2. The van der Waals surface area contributed by atoms with Gasteiger partial charge in [-0.05, 0) is 26.1 Å². The first-order chi connectivity index (χ1) is 11.5. The second kappa shape index (κ2) is 6.25. The number of aromatic amines is 1. The van der Waals surface area contributed by atoms with Crippen LogP contribution in [0, 0.1) is 12.7 Å². The minimum absolute atomic E-state index is 0.0120. The topological polar surface area (TPSA) is 100 Å². The van der Waals surface area contributed by atoms with Crippen LogP contribution in [0.25, 0.3) is 10.9 Å². The van der Waals surface area contributed by atoms with Gasteiger partial charge >= 0.3 is 5.97 Å². The summed E-state index contributed by atoms with van der Waals surface area (Å²) in [5.74, 6) is -1.37. The lowest BCUT2D eigenvalue weighted by Crippen LogP contribution is -2.09. The molecule has 0 fully saturated rings. The summed E-state index contributed by atoms with van der Waals surface area (Å²) in [7, 11) is 1.76. The maximum absolute atomic E-state index is 14.8. The molecule has 3 aromatic rings.